The second kappa shape index (κ2) is 11.1. The van der Waals surface area contributed by atoms with Gasteiger partial charge in [0, 0.05) is 29.9 Å². The standard InChI is InChI=1S/C25H30F2N2O7/c1-25(2,3)36-24(31)28-14-20(35-19-7-5-6-18(12-19)34-4)13-21(28)23(30)22(29(32)33)10-15-8-16(26)11-17(27)9-15/h5-9,11-12,20-23,30H,10,13-14H2,1-4H3. The van der Waals surface area contributed by atoms with Crippen LogP contribution in [0.4, 0.5) is 13.6 Å². The maximum absolute atomic E-state index is 13.7. The van der Waals surface area contributed by atoms with E-state index >= 15 is 0 Å². The largest absolute Gasteiger partial charge is 0.497 e. The number of ether oxygens (including phenoxy) is 3. The Morgan fingerprint density at radius 3 is 2.42 bits per heavy atom. The molecule has 0 aliphatic carbocycles. The molecule has 2 aromatic rings. The topological polar surface area (TPSA) is 111 Å². The molecule has 4 atom stereocenters. The number of benzene rings is 2. The van der Waals surface area contributed by atoms with E-state index in [2.05, 4.69) is 0 Å². The van der Waals surface area contributed by atoms with Crippen LogP contribution in [0.25, 0.3) is 0 Å². The molecular formula is C25H30F2N2O7. The third kappa shape index (κ3) is 7.03. The Labute approximate surface area is 207 Å². The van der Waals surface area contributed by atoms with Crippen LogP contribution in [0.2, 0.25) is 0 Å². The zero-order valence-corrected chi connectivity index (χ0v) is 20.5. The normalized spacial score (nSPS) is 19.5. The van der Waals surface area contributed by atoms with Crippen LogP contribution in [0.3, 0.4) is 0 Å². The van der Waals surface area contributed by atoms with Crippen molar-refractivity contribution < 1.29 is 37.8 Å². The molecular weight excluding hydrogens is 478 g/mol. The van der Waals surface area contributed by atoms with E-state index < -0.39 is 59.0 Å². The monoisotopic (exact) mass is 508 g/mol. The Balaban J connectivity index is 1.86. The molecule has 3 rings (SSSR count). The highest BCUT2D eigenvalue weighted by molar-refractivity contribution is 5.69. The van der Waals surface area contributed by atoms with Crippen molar-refractivity contribution in [2.24, 2.45) is 0 Å². The summed E-state index contributed by atoms with van der Waals surface area (Å²) in [5.74, 6) is -0.754. The Hall–Kier alpha value is -3.47. The first-order valence-corrected chi connectivity index (χ1v) is 11.4. The van der Waals surface area contributed by atoms with E-state index in [-0.39, 0.29) is 18.5 Å². The molecule has 0 radical (unpaired) electrons. The van der Waals surface area contributed by atoms with Gasteiger partial charge < -0.3 is 19.3 Å². The highest BCUT2D eigenvalue weighted by atomic mass is 19.1. The molecule has 2 aromatic carbocycles. The predicted octanol–water partition coefficient (Wildman–Crippen LogP) is 3.98. The van der Waals surface area contributed by atoms with Crippen molar-refractivity contribution in [3.05, 3.63) is 69.8 Å². The number of hydrogen-bond donors (Lipinski definition) is 1. The minimum Gasteiger partial charge on any atom is -0.497 e. The van der Waals surface area contributed by atoms with Gasteiger partial charge in [0.25, 0.3) is 0 Å². The third-order valence-electron chi connectivity index (χ3n) is 5.70. The number of amides is 1. The summed E-state index contributed by atoms with van der Waals surface area (Å²) in [6.07, 6.45) is -3.41. The summed E-state index contributed by atoms with van der Waals surface area (Å²) in [6.45, 7) is 5.03. The number of rotatable bonds is 8. The second-order valence-electron chi connectivity index (χ2n) is 9.68. The minimum atomic E-state index is -1.67. The molecule has 0 aromatic heterocycles. The van der Waals surface area contributed by atoms with Crippen LogP contribution in [-0.2, 0) is 11.2 Å². The van der Waals surface area contributed by atoms with E-state index in [0.717, 1.165) is 12.1 Å². The van der Waals surface area contributed by atoms with Crippen LogP contribution >= 0.6 is 0 Å². The summed E-state index contributed by atoms with van der Waals surface area (Å²) >= 11 is 0. The van der Waals surface area contributed by atoms with E-state index in [9.17, 15) is 28.8 Å². The Kier molecular flexibility index (Phi) is 8.34. The SMILES string of the molecule is COc1cccc(OC2CC(C(O)C(Cc3cc(F)cc(F)c3)[N+](=O)[O-])N(C(=O)OC(C)(C)C)C2)c1. The zero-order valence-electron chi connectivity index (χ0n) is 20.5. The van der Waals surface area contributed by atoms with Crippen molar-refractivity contribution in [1.82, 2.24) is 4.90 Å². The average molecular weight is 509 g/mol. The van der Waals surface area contributed by atoms with Gasteiger partial charge in [-0.1, -0.05) is 6.07 Å². The number of methoxy groups -OCH3 is 1. The molecule has 196 valence electrons. The molecule has 1 amide bonds. The fourth-order valence-electron chi connectivity index (χ4n) is 4.18. The summed E-state index contributed by atoms with van der Waals surface area (Å²) in [4.78, 5) is 25.4. The van der Waals surface area contributed by atoms with Crippen LogP contribution in [0.5, 0.6) is 11.5 Å². The summed E-state index contributed by atoms with van der Waals surface area (Å²) < 4.78 is 43.9. The summed E-state index contributed by atoms with van der Waals surface area (Å²) in [7, 11) is 1.51. The average Bonchev–Trinajstić information content (AvgIpc) is 3.19. The molecule has 11 heteroatoms. The smallest absolute Gasteiger partial charge is 0.410 e. The highest BCUT2D eigenvalue weighted by Crippen LogP contribution is 2.30. The number of carbonyl (C=O) groups excluding carboxylic acids is 1. The van der Waals surface area contributed by atoms with Crippen molar-refractivity contribution in [2.45, 2.75) is 63.5 Å². The van der Waals surface area contributed by atoms with Crippen molar-refractivity contribution in [3.63, 3.8) is 0 Å². The van der Waals surface area contributed by atoms with Gasteiger partial charge in [-0.15, -0.1) is 0 Å². The number of nitro groups is 1. The summed E-state index contributed by atoms with van der Waals surface area (Å²) in [5.41, 5.74) is -0.834. The van der Waals surface area contributed by atoms with Crippen LogP contribution in [0, 0.1) is 21.7 Å². The summed E-state index contributed by atoms with van der Waals surface area (Å²) in [6, 6.07) is 6.73. The van der Waals surface area contributed by atoms with Crippen LogP contribution in [0.15, 0.2) is 42.5 Å². The van der Waals surface area contributed by atoms with Gasteiger partial charge in [-0.25, -0.2) is 13.6 Å². The molecule has 4 unspecified atom stereocenters. The Bertz CT molecular complexity index is 1070. The maximum Gasteiger partial charge on any atom is 0.410 e. The molecule has 1 aliphatic heterocycles. The number of likely N-dealkylation sites (tertiary alicyclic amines) is 1. The molecule has 9 nitrogen and oxygen atoms in total. The van der Waals surface area contributed by atoms with Crippen molar-refractivity contribution in [3.8, 4) is 11.5 Å². The lowest BCUT2D eigenvalue weighted by atomic mass is 9.95. The Morgan fingerprint density at radius 1 is 1.19 bits per heavy atom. The van der Waals surface area contributed by atoms with Gasteiger partial charge in [-0.3, -0.25) is 15.0 Å². The molecule has 1 N–H and O–H groups in total. The molecule has 1 heterocycles. The maximum atomic E-state index is 13.7. The number of carbonyl (C=O) groups is 1. The number of halogens is 2. The predicted molar refractivity (Wildman–Crippen MR) is 126 cm³/mol. The van der Waals surface area contributed by atoms with Gasteiger partial charge in [-0.2, -0.15) is 0 Å². The molecule has 1 aliphatic rings. The number of nitrogens with zero attached hydrogens (tertiary/aromatic N) is 2. The first kappa shape index (κ1) is 27.1. The van der Waals surface area contributed by atoms with Crippen LogP contribution in [0.1, 0.15) is 32.8 Å². The van der Waals surface area contributed by atoms with Crippen molar-refractivity contribution >= 4 is 6.09 Å². The van der Waals surface area contributed by atoms with E-state index in [1.165, 1.54) is 12.0 Å². The van der Waals surface area contributed by atoms with Gasteiger partial charge in [-0.05, 0) is 50.6 Å². The minimum absolute atomic E-state index is 0.00682. The number of aliphatic hydroxyl groups is 1. The zero-order chi connectivity index (χ0) is 26.6. The van der Waals surface area contributed by atoms with E-state index in [4.69, 9.17) is 14.2 Å². The van der Waals surface area contributed by atoms with Gasteiger partial charge in [0.05, 0.1) is 19.7 Å². The van der Waals surface area contributed by atoms with Crippen molar-refractivity contribution in [1.29, 1.82) is 0 Å². The fourth-order valence-corrected chi connectivity index (χ4v) is 4.18. The lowest BCUT2D eigenvalue weighted by Crippen LogP contribution is -2.51. The van der Waals surface area contributed by atoms with E-state index in [1.54, 1.807) is 45.0 Å². The first-order chi connectivity index (χ1) is 16.9. The fraction of sp³-hybridized carbons (Fsp3) is 0.480. The Morgan fingerprint density at radius 2 is 1.83 bits per heavy atom. The quantitative estimate of drug-likeness (QED) is 0.424. The third-order valence-corrected chi connectivity index (χ3v) is 5.70. The van der Waals surface area contributed by atoms with Gasteiger partial charge in [0.1, 0.15) is 40.9 Å². The molecule has 0 saturated carbocycles. The molecule has 36 heavy (non-hydrogen) atoms. The number of hydrogen-bond acceptors (Lipinski definition) is 7. The molecule has 1 fully saturated rings. The first-order valence-electron chi connectivity index (χ1n) is 11.4. The van der Waals surface area contributed by atoms with Crippen LogP contribution < -0.4 is 9.47 Å². The van der Waals surface area contributed by atoms with Gasteiger partial charge in [0.15, 0.2) is 0 Å². The molecule has 0 spiro atoms. The van der Waals surface area contributed by atoms with E-state index in [1.807, 2.05) is 0 Å². The summed E-state index contributed by atoms with van der Waals surface area (Å²) in [5, 5.41) is 23.0. The lowest BCUT2D eigenvalue weighted by molar-refractivity contribution is -0.535. The second-order valence-corrected chi connectivity index (χ2v) is 9.68. The van der Waals surface area contributed by atoms with Gasteiger partial charge >= 0.3 is 6.09 Å². The highest BCUT2D eigenvalue weighted by Gasteiger charge is 2.47. The van der Waals surface area contributed by atoms with E-state index in [0.29, 0.717) is 17.6 Å². The molecule has 1 saturated heterocycles. The van der Waals surface area contributed by atoms with Crippen molar-refractivity contribution in [2.75, 3.05) is 13.7 Å². The number of aliphatic hydroxyl groups excluding tert-OH is 1. The van der Waals surface area contributed by atoms with Crippen LogP contribution in [-0.4, -0.2) is 64.6 Å². The molecule has 0 bridgehead atoms. The lowest BCUT2D eigenvalue weighted by Gasteiger charge is -2.31. The van der Waals surface area contributed by atoms with Gasteiger partial charge in [0.2, 0.25) is 6.04 Å².